The Morgan fingerprint density at radius 2 is 2.06 bits per heavy atom. The second-order valence-corrected chi connectivity index (χ2v) is 4.40. The highest BCUT2D eigenvalue weighted by atomic mass is 35.5. The van der Waals surface area contributed by atoms with Crippen LogP contribution in [0.2, 0.25) is 5.02 Å². The number of ether oxygens (including phenoxy) is 2. The number of hydrogen-bond donors (Lipinski definition) is 1. The van der Waals surface area contributed by atoms with Gasteiger partial charge in [-0.25, -0.2) is 0 Å². The summed E-state index contributed by atoms with van der Waals surface area (Å²) in [4.78, 5) is 0. The molecule has 18 heavy (non-hydrogen) atoms. The Morgan fingerprint density at radius 3 is 2.78 bits per heavy atom. The van der Waals surface area contributed by atoms with E-state index in [-0.39, 0.29) is 5.88 Å². The minimum Gasteiger partial charge on any atom is -0.486 e. The van der Waals surface area contributed by atoms with Crippen LogP contribution in [0.5, 0.6) is 11.5 Å². The minimum absolute atomic E-state index is 0.245. The highest BCUT2D eigenvalue weighted by Crippen LogP contribution is 2.45. The fraction of sp³-hybridized carbons (Fsp3) is 0.250. The molecule has 0 unspecified atom stereocenters. The number of aromatic nitrogens is 1. The van der Waals surface area contributed by atoms with Gasteiger partial charge in [-0.3, -0.25) is 0 Å². The van der Waals surface area contributed by atoms with Crippen LogP contribution < -0.4 is 15.2 Å². The van der Waals surface area contributed by atoms with Crippen molar-refractivity contribution in [2.75, 3.05) is 18.9 Å². The molecule has 0 atom stereocenters. The summed E-state index contributed by atoms with van der Waals surface area (Å²) in [6.07, 6.45) is 0. The van der Waals surface area contributed by atoms with Gasteiger partial charge in [-0.2, -0.15) is 0 Å². The molecule has 2 N–H and O–H groups in total. The third-order valence-corrected chi connectivity index (χ3v) is 3.21. The molecule has 1 aromatic carbocycles. The fourth-order valence-corrected chi connectivity index (χ4v) is 2.16. The number of nitrogen functional groups attached to an aromatic ring is 1. The Labute approximate surface area is 108 Å². The predicted molar refractivity (Wildman–Crippen MR) is 67.1 cm³/mol. The van der Waals surface area contributed by atoms with Gasteiger partial charge < -0.3 is 19.7 Å². The zero-order chi connectivity index (χ0) is 12.7. The highest BCUT2D eigenvalue weighted by molar-refractivity contribution is 6.32. The number of fused-ring (bicyclic) bond motifs is 1. The van der Waals surface area contributed by atoms with Crippen molar-refractivity contribution in [3.05, 3.63) is 22.7 Å². The molecule has 0 saturated carbocycles. The molecule has 2 aromatic rings. The molecule has 0 aliphatic carbocycles. The molecule has 0 saturated heterocycles. The smallest absolute Gasteiger partial charge is 0.222 e. The van der Waals surface area contributed by atoms with Gasteiger partial charge in [0.25, 0.3) is 0 Å². The van der Waals surface area contributed by atoms with Crippen LogP contribution in [0.4, 0.5) is 5.88 Å². The van der Waals surface area contributed by atoms with Crippen molar-refractivity contribution in [2.24, 2.45) is 0 Å². The number of halogens is 1. The van der Waals surface area contributed by atoms with E-state index in [2.05, 4.69) is 5.16 Å². The molecule has 1 aromatic heterocycles. The van der Waals surface area contributed by atoms with Crippen LogP contribution in [0.3, 0.4) is 0 Å². The van der Waals surface area contributed by atoms with Crippen LogP contribution in [0.1, 0.15) is 5.56 Å². The lowest BCUT2D eigenvalue weighted by Gasteiger charge is -2.22. The molecular weight excluding hydrogens is 256 g/mol. The molecule has 1 aliphatic heterocycles. The first-order valence-electron chi connectivity index (χ1n) is 5.48. The van der Waals surface area contributed by atoms with E-state index in [0.29, 0.717) is 35.4 Å². The first-order chi connectivity index (χ1) is 8.66. The largest absolute Gasteiger partial charge is 0.486 e. The van der Waals surface area contributed by atoms with E-state index in [1.165, 1.54) is 0 Å². The summed E-state index contributed by atoms with van der Waals surface area (Å²) in [5.41, 5.74) is 7.76. The van der Waals surface area contributed by atoms with Crippen molar-refractivity contribution in [1.82, 2.24) is 5.16 Å². The van der Waals surface area contributed by atoms with Gasteiger partial charge in [0.05, 0.1) is 5.56 Å². The Bertz CT molecular complexity index is 610. The molecule has 1 aliphatic rings. The van der Waals surface area contributed by atoms with Crippen molar-refractivity contribution in [2.45, 2.75) is 6.92 Å². The zero-order valence-electron chi connectivity index (χ0n) is 9.70. The summed E-state index contributed by atoms with van der Waals surface area (Å²) in [5, 5.41) is 4.50. The van der Waals surface area contributed by atoms with E-state index in [4.69, 9.17) is 31.3 Å². The van der Waals surface area contributed by atoms with Crippen LogP contribution >= 0.6 is 11.6 Å². The summed E-state index contributed by atoms with van der Waals surface area (Å²) < 4.78 is 16.1. The van der Waals surface area contributed by atoms with Crippen molar-refractivity contribution in [3.63, 3.8) is 0 Å². The van der Waals surface area contributed by atoms with Gasteiger partial charge in [-0.1, -0.05) is 16.8 Å². The number of nitrogens with two attached hydrogens (primary N) is 1. The number of benzene rings is 1. The number of nitrogens with zero attached hydrogens (tertiary/aromatic N) is 1. The molecule has 6 heteroatoms. The Balaban J connectivity index is 2.26. The third-order valence-electron chi connectivity index (χ3n) is 2.81. The monoisotopic (exact) mass is 266 g/mol. The van der Waals surface area contributed by atoms with Gasteiger partial charge in [0.15, 0.2) is 11.5 Å². The average molecular weight is 267 g/mol. The van der Waals surface area contributed by atoms with Crippen LogP contribution in [0, 0.1) is 6.92 Å². The second kappa shape index (κ2) is 4.10. The summed E-state index contributed by atoms with van der Waals surface area (Å²) in [5.74, 6) is 1.50. The lowest BCUT2D eigenvalue weighted by molar-refractivity contribution is 0.172. The molecular formula is C12H11ClN2O3. The quantitative estimate of drug-likeness (QED) is 0.859. The SMILES string of the molecule is Cc1c(Cl)cc2c(c1-c1cc(N)on1)OCCO2. The van der Waals surface area contributed by atoms with Gasteiger partial charge in [-0.15, -0.1) is 0 Å². The van der Waals surface area contributed by atoms with Gasteiger partial charge >= 0.3 is 0 Å². The predicted octanol–water partition coefficient (Wildman–Crippen LogP) is 2.66. The lowest BCUT2D eigenvalue weighted by Crippen LogP contribution is -2.16. The summed E-state index contributed by atoms with van der Waals surface area (Å²) in [6, 6.07) is 3.38. The Kier molecular flexibility index (Phi) is 2.56. The molecule has 3 rings (SSSR count). The summed E-state index contributed by atoms with van der Waals surface area (Å²) >= 11 is 6.18. The maximum Gasteiger partial charge on any atom is 0.222 e. The van der Waals surface area contributed by atoms with E-state index in [0.717, 1.165) is 11.1 Å². The van der Waals surface area contributed by atoms with Gasteiger partial charge in [-0.05, 0) is 12.5 Å². The molecule has 0 spiro atoms. The van der Waals surface area contributed by atoms with E-state index in [1.54, 1.807) is 12.1 Å². The number of rotatable bonds is 1. The minimum atomic E-state index is 0.245. The van der Waals surface area contributed by atoms with Crippen LogP contribution in [-0.2, 0) is 0 Å². The first-order valence-corrected chi connectivity index (χ1v) is 5.86. The number of hydrogen-bond acceptors (Lipinski definition) is 5. The maximum absolute atomic E-state index is 6.18. The first kappa shape index (κ1) is 11.2. The van der Waals surface area contributed by atoms with Gasteiger partial charge in [0.2, 0.25) is 5.88 Å². The maximum atomic E-state index is 6.18. The highest BCUT2D eigenvalue weighted by Gasteiger charge is 2.23. The second-order valence-electron chi connectivity index (χ2n) is 4.00. The average Bonchev–Trinajstić information content (AvgIpc) is 2.77. The van der Waals surface area contributed by atoms with Crippen LogP contribution in [0.15, 0.2) is 16.7 Å². The summed E-state index contributed by atoms with van der Waals surface area (Å²) in [6.45, 7) is 2.89. The molecule has 5 nitrogen and oxygen atoms in total. The van der Waals surface area contributed by atoms with Crippen molar-refractivity contribution in [1.29, 1.82) is 0 Å². The van der Waals surface area contributed by atoms with E-state index >= 15 is 0 Å². The third kappa shape index (κ3) is 1.67. The molecule has 0 fully saturated rings. The van der Waals surface area contributed by atoms with Crippen LogP contribution in [-0.4, -0.2) is 18.4 Å². The Hall–Kier alpha value is -1.88. The van der Waals surface area contributed by atoms with Crippen LogP contribution in [0.25, 0.3) is 11.3 Å². The van der Waals surface area contributed by atoms with Crippen molar-refractivity contribution in [3.8, 4) is 22.8 Å². The Morgan fingerprint density at radius 1 is 1.28 bits per heavy atom. The zero-order valence-corrected chi connectivity index (χ0v) is 10.5. The van der Waals surface area contributed by atoms with Crippen molar-refractivity contribution < 1.29 is 14.0 Å². The number of anilines is 1. The molecule has 0 bridgehead atoms. The molecule has 0 radical (unpaired) electrons. The van der Waals surface area contributed by atoms with Gasteiger partial charge in [0, 0.05) is 17.2 Å². The topological polar surface area (TPSA) is 70.5 Å². The van der Waals surface area contributed by atoms with E-state index in [1.807, 2.05) is 6.92 Å². The molecule has 0 amide bonds. The van der Waals surface area contributed by atoms with E-state index < -0.39 is 0 Å². The van der Waals surface area contributed by atoms with Gasteiger partial charge in [0.1, 0.15) is 18.9 Å². The van der Waals surface area contributed by atoms with Crippen molar-refractivity contribution >= 4 is 17.5 Å². The standard InChI is InChI=1S/C12H11ClN2O3/c1-6-7(13)4-9-12(17-3-2-16-9)11(6)8-5-10(14)18-15-8/h4-5H,2-3,14H2,1H3. The normalized spacial score (nSPS) is 13.7. The fourth-order valence-electron chi connectivity index (χ4n) is 1.96. The summed E-state index contributed by atoms with van der Waals surface area (Å²) in [7, 11) is 0. The lowest BCUT2D eigenvalue weighted by atomic mass is 10.0. The molecule has 2 heterocycles. The van der Waals surface area contributed by atoms with E-state index in [9.17, 15) is 0 Å². The molecule has 94 valence electrons.